The van der Waals surface area contributed by atoms with Crippen molar-refractivity contribution in [1.82, 2.24) is 19.9 Å². The number of benzene rings is 1. The highest BCUT2D eigenvalue weighted by Gasteiger charge is 2.05. The normalized spacial score (nSPS) is 10.7. The van der Waals surface area contributed by atoms with Gasteiger partial charge in [0, 0.05) is 24.4 Å². The van der Waals surface area contributed by atoms with Gasteiger partial charge < -0.3 is 15.0 Å². The van der Waals surface area contributed by atoms with Gasteiger partial charge in [-0.3, -0.25) is 0 Å². The van der Waals surface area contributed by atoms with Crippen molar-refractivity contribution in [2.24, 2.45) is 0 Å². The fraction of sp³-hybridized carbons (Fsp3) is 0.211. The summed E-state index contributed by atoms with van der Waals surface area (Å²) in [5.74, 6) is 1.10. The summed E-state index contributed by atoms with van der Waals surface area (Å²) in [5.41, 5.74) is 3.99. The van der Waals surface area contributed by atoms with Crippen LogP contribution in [0, 0.1) is 0 Å². The molecule has 3 aromatic rings. The van der Waals surface area contributed by atoms with Gasteiger partial charge >= 0.3 is 0 Å². The van der Waals surface area contributed by atoms with Crippen molar-refractivity contribution in [3.05, 3.63) is 60.4 Å². The molecule has 0 aliphatic heterocycles. The van der Waals surface area contributed by atoms with Gasteiger partial charge in [-0.1, -0.05) is 18.2 Å². The second-order valence-electron chi connectivity index (χ2n) is 5.92. The van der Waals surface area contributed by atoms with Crippen molar-refractivity contribution in [2.45, 2.75) is 6.54 Å². The maximum Gasteiger partial charge on any atom is 0.227 e. The van der Waals surface area contributed by atoms with E-state index in [2.05, 4.69) is 63.5 Å². The standard InChI is InChI=1S/C19H21N5O/c1-24(2)13-14-5-4-6-15(11-14)17-9-10-20-19(23-17)22-16-7-8-18(25-3)21-12-16/h4-12H,13H2,1-3H3,(H,20,22,23). The molecule has 3 rings (SSSR count). The molecule has 6 heteroatoms. The average molecular weight is 335 g/mol. The number of nitrogens with one attached hydrogen (secondary N) is 1. The van der Waals surface area contributed by atoms with Crippen LogP contribution in [0.3, 0.4) is 0 Å². The van der Waals surface area contributed by atoms with Gasteiger partial charge in [0.1, 0.15) is 0 Å². The van der Waals surface area contributed by atoms with E-state index in [0.717, 1.165) is 23.5 Å². The smallest absolute Gasteiger partial charge is 0.227 e. The summed E-state index contributed by atoms with van der Waals surface area (Å²) < 4.78 is 5.06. The van der Waals surface area contributed by atoms with E-state index in [1.807, 2.05) is 12.1 Å². The fourth-order valence-electron chi connectivity index (χ4n) is 2.48. The highest BCUT2D eigenvalue weighted by molar-refractivity contribution is 5.62. The molecule has 0 saturated heterocycles. The quantitative estimate of drug-likeness (QED) is 0.745. The molecule has 6 nitrogen and oxygen atoms in total. The van der Waals surface area contributed by atoms with Crippen molar-refractivity contribution in [1.29, 1.82) is 0 Å². The van der Waals surface area contributed by atoms with Gasteiger partial charge in [0.25, 0.3) is 0 Å². The second-order valence-corrected chi connectivity index (χ2v) is 5.92. The van der Waals surface area contributed by atoms with E-state index in [9.17, 15) is 0 Å². The first-order chi connectivity index (χ1) is 12.1. The third kappa shape index (κ3) is 4.51. The van der Waals surface area contributed by atoms with Gasteiger partial charge in [0.2, 0.25) is 11.8 Å². The first-order valence-corrected chi connectivity index (χ1v) is 7.98. The van der Waals surface area contributed by atoms with Crippen molar-refractivity contribution in [2.75, 3.05) is 26.5 Å². The maximum absolute atomic E-state index is 5.06. The number of nitrogens with zero attached hydrogens (tertiary/aromatic N) is 4. The molecule has 0 atom stereocenters. The molecule has 0 unspecified atom stereocenters. The molecule has 0 spiro atoms. The van der Waals surface area contributed by atoms with E-state index >= 15 is 0 Å². The summed E-state index contributed by atoms with van der Waals surface area (Å²) in [4.78, 5) is 15.2. The summed E-state index contributed by atoms with van der Waals surface area (Å²) in [7, 11) is 5.71. The third-order valence-electron chi connectivity index (χ3n) is 3.58. The third-order valence-corrected chi connectivity index (χ3v) is 3.58. The number of hydrogen-bond donors (Lipinski definition) is 1. The molecule has 128 valence electrons. The minimum atomic E-state index is 0.530. The minimum Gasteiger partial charge on any atom is -0.481 e. The summed E-state index contributed by atoms with van der Waals surface area (Å²) in [5, 5.41) is 3.16. The Hall–Kier alpha value is -2.99. The topological polar surface area (TPSA) is 63.2 Å². The van der Waals surface area contributed by atoms with Gasteiger partial charge in [0.05, 0.1) is 24.7 Å². The van der Waals surface area contributed by atoms with E-state index in [-0.39, 0.29) is 0 Å². The van der Waals surface area contributed by atoms with Gasteiger partial charge in [-0.25, -0.2) is 15.0 Å². The van der Waals surface area contributed by atoms with E-state index in [1.54, 1.807) is 25.6 Å². The van der Waals surface area contributed by atoms with Crippen LogP contribution in [-0.4, -0.2) is 41.1 Å². The van der Waals surface area contributed by atoms with Gasteiger partial charge in [-0.2, -0.15) is 0 Å². The van der Waals surface area contributed by atoms with Crippen LogP contribution in [-0.2, 0) is 6.54 Å². The number of methoxy groups -OCH3 is 1. The lowest BCUT2D eigenvalue weighted by atomic mass is 10.1. The molecule has 1 N–H and O–H groups in total. The van der Waals surface area contributed by atoms with Crippen LogP contribution in [0.25, 0.3) is 11.3 Å². The SMILES string of the molecule is COc1ccc(Nc2nccc(-c3cccc(CN(C)C)c3)n2)cn1. The monoisotopic (exact) mass is 335 g/mol. The second kappa shape index (κ2) is 7.72. The highest BCUT2D eigenvalue weighted by atomic mass is 16.5. The van der Waals surface area contributed by atoms with Gasteiger partial charge in [-0.15, -0.1) is 0 Å². The summed E-state index contributed by atoms with van der Waals surface area (Å²) in [6, 6.07) is 14.0. The molecule has 0 aliphatic rings. The number of anilines is 2. The van der Waals surface area contributed by atoms with Crippen LogP contribution in [0.2, 0.25) is 0 Å². The Balaban J connectivity index is 1.81. The van der Waals surface area contributed by atoms with E-state index < -0.39 is 0 Å². The van der Waals surface area contributed by atoms with Crippen LogP contribution < -0.4 is 10.1 Å². The summed E-state index contributed by atoms with van der Waals surface area (Å²) in [6.45, 7) is 0.890. The van der Waals surface area contributed by atoms with Crippen LogP contribution in [0.1, 0.15) is 5.56 Å². The molecule has 0 bridgehead atoms. The summed E-state index contributed by atoms with van der Waals surface area (Å²) in [6.07, 6.45) is 3.44. The molecule has 0 radical (unpaired) electrons. The van der Waals surface area contributed by atoms with Crippen molar-refractivity contribution in [3.8, 4) is 17.1 Å². The van der Waals surface area contributed by atoms with Crippen LogP contribution in [0.15, 0.2) is 54.9 Å². The van der Waals surface area contributed by atoms with Crippen molar-refractivity contribution >= 4 is 11.6 Å². The van der Waals surface area contributed by atoms with E-state index in [4.69, 9.17) is 4.74 Å². The zero-order valence-corrected chi connectivity index (χ0v) is 14.6. The Morgan fingerprint density at radius 3 is 2.68 bits per heavy atom. The molecule has 2 heterocycles. The molecule has 1 aromatic carbocycles. The predicted octanol–water partition coefficient (Wildman–Crippen LogP) is 3.35. The Morgan fingerprint density at radius 2 is 1.96 bits per heavy atom. The zero-order valence-electron chi connectivity index (χ0n) is 14.6. The lowest BCUT2D eigenvalue weighted by Crippen LogP contribution is -2.10. The number of hydrogen-bond acceptors (Lipinski definition) is 6. The van der Waals surface area contributed by atoms with Crippen molar-refractivity contribution < 1.29 is 4.74 Å². The van der Waals surface area contributed by atoms with E-state index in [0.29, 0.717) is 11.8 Å². The Bertz CT molecular complexity index is 833. The first-order valence-electron chi connectivity index (χ1n) is 7.98. The number of rotatable bonds is 6. The average Bonchev–Trinajstić information content (AvgIpc) is 2.62. The molecule has 2 aromatic heterocycles. The molecule has 0 aliphatic carbocycles. The Labute approximate surface area is 147 Å². The predicted molar refractivity (Wildman–Crippen MR) is 98.9 cm³/mol. The zero-order chi connectivity index (χ0) is 17.6. The first kappa shape index (κ1) is 16.9. The lowest BCUT2D eigenvalue weighted by molar-refractivity contribution is 0.398. The van der Waals surface area contributed by atoms with Gasteiger partial charge in [-0.05, 0) is 37.9 Å². The highest BCUT2D eigenvalue weighted by Crippen LogP contribution is 2.21. The van der Waals surface area contributed by atoms with Crippen molar-refractivity contribution in [3.63, 3.8) is 0 Å². The van der Waals surface area contributed by atoms with Gasteiger partial charge in [0.15, 0.2) is 0 Å². The number of aromatic nitrogens is 3. The molecule has 25 heavy (non-hydrogen) atoms. The maximum atomic E-state index is 5.06. The van der Waals surface area contributed by atoms with Crippen LogP contribution >= 0.6 is 0 Å². The minimum absolute atomic E-state index is 0.530. The van der Waals surface area contributed by atoms with Crippen LogP contribution in [0.4, 0.5) is 11.6 Å². The Morgan fingerprint density at radius 1 is 1.08 bits per heavy atom. The largest absolute Gasteiger partial charge is 0.481 e. The lowest BCUT2D eigenvalue weighted by Gasteiger charge is -2.11. The molecule has 0 amide bonds. The van der Waals surface area contributed by atoms with Crippen LogP contribution in [0.5, 0.6) is 5.88 Å². The molecular formula is C19H21N5O. The molecule has 0 fully saturated rings. The fourth-order valence-corrected chi connectivity index (χ4v) is 2.48. The Kier molecular flexibility index (Phi) is 5.20. The summed E-state index contributed by atoms with van der Waals surface area (Å²) >= 11 is 0. The molecular weight excluding hydrogens is 314 g/mol. The van der Waals surface area contributed by atoms with E-state index in [1.165, 1.54) is 5.56 Å². The number of ether oxygens (including phenoxy) is 1. The molecule has 0 saturated carbocycles. The number of pyridine rings is 1.